The molecule has 0 aromatic heterocycles. The highest BCUT2D eigenvalue weighted by Crippen LogP contribution is 1.86. The maximum Gasteiger partial charge on any atom is 0.0806 e. The molecule has 2 N–H and O–H groups in total. The summed E-state index contributed by atoms with van der Waals surface area (Å²) >= 11 is 0. The third-order valence-corrected chi connectivity index (χ3v) is 0.743. The van der Waals surface area contributed by atoms with Crippen molar-refractivity contribution < 1.29 is 5.11 Å². The Balaban J connectivity index is 3.00. The van der Waals surface area contributed by atoms with Crippen molar-refractivity contribution in [2.75, 3.05) is 6.61 Å². The van der Waals surface area contributed by atoms with E-state index in [0.29, 0.717) is 5.71 Å². The second kappa shape index (κ2) is 3.81. The molecule has 0 radical (unpaired) electrons. The predicted octanol–water partition coefficient (Wildman–Crippen LogP) is 0.799. The lowest BCUT2D eigenvalue weighted by molar-refractivity contribution is 0.354. The molecule has 0 heterocycles. The lowest BCUT2D eigenvalue weighted by Crippen LogP contribution is -2.00. The summed E-state index contributed by atoms with van der Waals surface area (Å²) in [6.45, 7) is 1.91. The highest BCUT2D eigenvalue weighted by atomic mass is 16.3. The number of hydrogen-bond donors (Lipinski definition) is 2. The molecule has 42 valence electrons. The van der Waals surface area contributed by atoms with Crippen molar-refractivity contribution in [2.24, 2.45) is 0 Å². The third kappa shape index (κ3) is 3.46. The first-order valence-electron chi connectivity index (χ1n) is 2.48. The Morgan fingerprint density at radius 1 is 1.71 bits per heavy atom. The number of rotatable bonds is 3. The monoisotopic (exact) mass is 101 g/mol. The largest absolute Gasteiger partial charge is 0.390 e. The minimum absolute atomic E-state index is 0.0756. The van der Waals surface area contributed by atoms with Gasteiger partial charge in [-0.3, -0.25) is 0 Å². The van der Waals surface area contributed by atoms with Gasteiger partial charge < -0.3 is 10.5 Å². The molecule has 0 rings (SSSR count). The van der Waals surface area contributed by atoms with Gasteiger partial charge in [0, 0.05) is 5.71 Å². The average molecular weight is 101 g/mol. The Kier molecular flexibility index (Phi) is 3.61. The molecule has 0 aromatic carbocycles. The predicted molar refractivity (Wildman–Crippen MR) is 29.7 cm³/mol. The number of nitrogens with one attached hydrogen (secondary N) is 1. The van der Waals surface area contributed by atoms with Crippen molar-refractivity contribution in [3.05, 3.63) is 0 Å². The van der Waals surface area contributed by atoms with Gasteiger partial charge in [-0.1, -0.05) is 13.3 Å². The molecule has 0 aliphatic carbocycles. The summed E-state index contributed by atoms with van der Waals surface area (Å²) in [6, 6.07) is 0. The lowest BCUT2D eigenvalue weighted by atomic mass is 10.2. The molecule has 0 unspecified atom stereocenters. The molecular formula is C5H11NO. The second-order valence-corrected chi connectivity index (χ2v) is 1.51. The molecule has 0 aliphatic heterocycles. The molecule has 0 saturated carbocycles. The smallest absolute Gasteiger partial charge is 0.0806 e. The number of aliphatic hydroxyl groups is 1. The van der Waals surface area contributed by atoms with E-state index in [1.807, 2.05) is 6.92 Å². The van der Waals surface area contributed by atoms with Gasteiger partial charge in [-0.05, 0) is 6.42 Å². The van der Waals surface area contributed by atoms with Gasteiger partial charge in [0.05, 0.1) is 6.61 Å². The van der Waals surface area contributed by atoms with Gasteiger partial charge in [-0.2, -0.15) is 0 Å². The maximum atomic E-state index is 8.24. The maximum absolute atomic E-state index is 8.24. The van der Waals surface area contributed by atoms with E-state index in [2.05, 4.69) is 0 Å². The van der Waals surface area contributed by atoms with Crippen molar-refractivity contribution in [3.8, 4) is 0 Å². The van der Waals surface area contributed by atoms with Crippen LogP contribution in [0.1, 0.15) is 19.8 Å². The second-order valence-electron chi connectivity index (χ2n) is 1.51. The fourth-order valence-electron chi connectivity index (χ4n) is 0.381. The van der Waals surface area contributed by atoms with Gasteiger partial charge in [0.1, 0.15) is 0 Å². The zero-order valence-corrected chi connectivity index (χ0v) is 4.57. The molecule has 0 fully saturated rings. The van der Waals surface area contributed by atoms with Crippen LogP contribution in [0, 0.1) is 5.41 Å². The number of aliphatic hydroxyl groups excluding tert-OH is 1. The fraction of sp³-hybridized carbons (Fsp3) is 0.800. The average Bonchev–Trinajstić information content (AvgIpc) is 1.68. The van der Waals surface area contributed by atoms with E-state index in [-0.39, 0.29) is 6.61 Å². The molecule has 2 heteroatoms. The van der Waals surface area contributed by atoms with Crippen LogP contribution in [0.5, 0.6) is 0 Å². The van der Waals surface area contributed by atoms with Crippen LogP contribution in [0.25, 0.3) is 0 Å². The summed E-state index contributed by atoms with van der Waals surface area (Å²) in [4.78, 5) is 0. The Hall–Kier alpha value is -0.370. The van der Waals surface area contributed by atoms with Gasteiger partial charge in [-0.25, -0.2) is 0 Å². The molecule has 0 bridgehead atoms. The van der Waals surface area contributed by atoms with Gasteiger partial charge in [0.2, 0.25) is 0 Å². The summed E-state index contributed by atoms with van der Waals surface area (Å²) in [7, 11) is 0. The van der Waals surface area contributed by atoms with Crippen LogP contribution in [-0.2, 0) is 0 Å². The Morgan fingerprint density at radius 2 is 2.29 bits per heavy atom. The van der Waals surface area contributed by atoms with Crippen LogP contribution < -0.4 is 0 Å². The Bertz CT molecular complexity index is 61.1. The summed E-state index contributed by atoms with van der Waals surface area (Å²) in [5, 5.41) is 15.1. The molecule has 0 spiro atoms. The van der Waals surface area contributed by atoms with E-state index in [4.69, 9.17) is 10.5 Å². The summed E-state index contributed by atoms with van der Waals surface area (Å²) < 4.78 is 0. The van der Waals surface area contributed by atoms with Crippen LogP contribution in [0.15, 0.2) is 0 Å². The Labute approximate surface area is 43.7 Å². The molecule has 0 aliphatic rings. The van der Waals surface area contributed by atoms with E-state index in [9.17, 15) is 0 Å². The topological polar surface area (TPSA) is 44.1 Å². The van der Waals surface area contributed by atoms with Crippen molar-refractivity contribution in [1.29, 1.82) is 5.41 Å². The third-order valence-electron chi connectivity index (χ3n) is 0.743. The fourth-order valence-corrected chi connectivity index (χ4v) is 0.381. The highest BCUT2D eigenvalue weighted by molar-refractivity contribution is 5.82. The zero-order valence-electron chi connectivity index (χ0n) is 4.57. The first-order valence-corrected chi connectivity index (χ1v) is 2.48. The molecule has 0 atom stereocenters. The molecule has 2 nitrogen and oxygen atoms in total. The zero-order chi connectivity index (χ0) is 5.70. The molecular weight excluding hydrogens is 90.1 g/mol. The van der Waals surface area contributed by atoms with Crippen molar-refractivity contribution in [2.45, 2.75) is 19.8 Å². The standard InChI is InChI=1S/C5H11NO/c1-2-3-5(6)4-7/h6-7H,2-4H2,1H3. The minimum Gasteiger partial charge on any atom is -0.390 e. The van der Waals surface area contributed by atoms with E-state index < -0.39 is 0 Å². The van der Waals surface area contributed by atoms with Crippen LogP contribution in [-0.4, -0.2) is 17.4 Å². The first kappa shape index (κ1) is 6.63. The van der Waals surface area contributed by atoms with Gasteiger partial charge in [-0.15, -0.1) is 0 Å². The van der Waals surface area contributed by atoms with Crippen LogP contribution in [0.4, 0.5) is 0 Å². The Morgan fingerprint density at radius 3 is 2.43 bits per heavy atom. The normalized spacial score (nSPS) is 8.86. The molecule has 7 heavy (non-hydrogen) atoms. The van der Waals surface area contributed by atoms with E-state index in [0.717, 1.165) is 12.8 Å². The summed E-state index contributed by atoms with van der Waals surface area (Å²) in [5.41, 5.74) is 0.433. The van der Waals surface area contributed by atoms with Crippen LogP contribution in [0.3, 0.4) is 0 Å². The SMILES string of the molecule is CCCC(=N)CO. The lowest BCUT2D eigenvalue weighted by Gasteiger charge is -1.91. The highest BCUT2D eigenvalue weighted by Gasteiger charge is 1.87. The summed E-state index contributed by atoms with van der Waals surface area (Å²) in [6.07, 6.45) is 1.69. The van der Waals surface area contributed by atoms with Crippen molar-refractivity contribution >= 4 is 5.71 Å². The first-order chi connectivity index (χ1) is 3.31. The minimum atomic E-state index is -0.0756. The van der Waals surface area contributed by atoms with Gasteiger partial charge >= 0.3 is 0 Å². The van der Waals surface area contributed by atoms with Gasteiger partial charge in [0.25, 0.3) is 0 Å². The quantitative estimate of drug-likeness (QED) is 0.507. The van der Waals surface area contributed by atoms with Crippen molar-refractivity contribution in [3.63, 3.8) is 0 Å². The molecule has 0 amide bonds. The van der Waals surface area contributed by atoms with Crippen LogP contribution >= 0.6 is 0 Å². The van der Waals surface area contributed by atoms with Crippen molar-refractivity contribution in [1.82, 2.24) is 0 Å². The van der Waals surface area contributed by atoms with Crippen LogP contribution in [0.2, 0.25) is 0 Å². The molecule has 0 saturated heterocycles. The van der Waals surface area contributed by atoms with E-state index >= 15 is 0 Å². The van der Waals surface area contributed by atoms with E-state index in [1.54, 1.807) is 0 Å². The molecule has 0 aromatic rings. The van der Waals surface area contributed by atoms with E-state index in [1.165, 1.54) is 0 Å². The summed E-state index contributed by atoms with van der Waals surface area (Å²) in [5.74, 6) is 0. The van der Waals surface area contributed by atoms with Gasteiger partial charge in [0.15, 0.2) is 0 Å². The number of hydrogen-bond acceptors (Lipinski definition) is 2.